The summed E-state index contributed by atoms with van der Waals surface area (Å²) in [6.45, 7) is 2.76. The van der Waals surface area contributed by atoms with Crippen LogP contribution in [0.5, 0.6) is 5.75 Å². The molecule has 0 aliphatic rings. The van der Waals surface area contributed by atoms with E-state index in [1.165, 1.54) is 0 Å². The Morgan fingerprint density at radius 2 is 2.00 bits per heavy atom. The number of carbonyl (C=O) groups excluding carboxylic acids is 1. The number of amides is 2. The predicted molar refractivity (Wildman–Crippen MR) is 104 cm³/mol. The highest BCUT2D eigenvalue weighted by Gasteiger charge is 2.11. The van der Waals surface area contributed by atoms with Crippen LogP contribution in [0, 0.1) is 6.92 Å². The van der Waals surface area contributed by atoms with Crippen molar-refractivity contribution < 1.29 is 14.1 Å². The molecule has 0 aliphatic carbocycles. The van der Waals surface area contributed by atoms with Crippen LogP contribution < -0.4 is 10.1 Å². The van der Waals surface area contributed by atoms with Gasteiger partial charge in [-0.25, -0.2) is 4.79 Å². The number of nitrogens with one attached hydrogen (secondary N) is 1. The summed E-state index contributed by atoms with van der Waals surface area (Å²) in [6, 6.07) is 12.9. The molecule has 2 amide bonds. The van der Waals surface area contributed by atoms with E-state index in [-0.39, 0.29) is 6.03 Å². The molecule has 1 aromatic carbocycles. The Labute approximate surface area is 163 Å². The third-order valence-electron chi connectivity index (χ3n) is 4.05. The lowest BCUT2D eigenvalue weighted by Gasteiger charge is -2.17. The number of hydrogen-bond donors (Lipinski definition) is 1. The Bertz CT molecular complexity index is 880. The van der Waals surface area contributed by atoms with Gasteiger partial charge in [0.2, 0.25) is 5.89 Å². The van der Waals surface area contributed by atoms with Crippen LogP contribution >= 0.6 is 0 Å². The first kappa shape index (κ1) is 19.3. The number of aryl methyl sites for hydroxylation is 1. The Hall–Kier alpha value is -3.42. The van der Waals surface area contributed by atoms with Crippen molar-refractivity contribution in [3.63, 3.8) is 0 Å². The van der Waals surface area contributed by atoms with Crippen molar-refractivity contribution in [3.05, 3.63) is 66.1 Å². The molecule has 8 nitrogen and oxygen atoms in total. The molecule has 3 rings (SSSR count). The van der Waals surface area contributed by atoms with E-state index in [9.17, 15) is 4.79 Å². The Balaban J connectivity index is 1.42. The zero-order valence-electron chi connectivity index (χ0n) is 16.0. The molecule has 0 spiro atoms. The molecule has 2 aromatic heterocycles. The molecule has 2 heterocycles. The van der Waals surface area contributed by atoms with Crippen LogP contribution in [0.25, 0.3) is 0 Å². The zero-order chi connectivity index (χ0) is 19.8. The summed E-state index contributed by atoms with van der Waals surface area (Å²) >= 11 is 0. The summed E-state index contributed by atoms with van der Waals surface area (Å²) in [5, 5.41) is 6.67. The van der Waals surface area contributed by atoms with Gasteiger partial charge in [-0.15, -0.1) is 0 Å². The van der Waals surface area contributed by atoms with Crippen molar-refractivity contribution in [3.8, 4) is 5.75 Å². The summed E-state index contributed by atoms with van der Waals surface area (Å²) in [7, 11) is 1.72. The van der Waals surface area contributed by atoms with Gasteiger partial charge in [0.25, 0.3) is 0 Å². The van der Waals surface area contributed by atoms with Gasteiger partial charge >= 0.3 is 6.03 Å². The zero-order valence-corrected chi connectivity index (χ0v) is 16.0. The summed E-state index contributed by atoms with van der Waals surface area (Å²) in [5.41, 5.74) is 1.69. The quantitative estimate of drug-likeness (QED) is 0.644. The number of pyridine rings is 1. The number of carbonyl (C=O) groups is 1. The molecule has 3 aromatic rings. The van der Waals surface area contributed by atoms with Crippen LogP contribution in [0.15, 0.2) is 53.2 Å². The van der Waals surface area contributed by atoms with Crippen molar-refractivity contribution in [2.24, 2.45) is 0 Å². The molecule has 1 N–H and O–H groups in total. The second-order valence-corrected chi connectivity index (χ2v) is 6.28. The molecule has 146 valence electrons. The number of rotatable bonds is 8. The molecule has 8 heteroatoms. The number of nitrogens with zero attached hydrogens (tertiary/aromatic N) is 4. The van der Waals surface area contributed by atoms with E-state index < -0.39 is 0 Å². The van der Waals surface area contributed by atoms with Gasteiger partial charge < -0.3 is 19.5 Å². The highest BCUT2D eigenvalue weighted by Crippen LogP contribution is 2.16. The first-order valence-corrected chi connectivity index (χ1v) is 9.04. The highest BCUT2D eigenvalue weighted by atomic mass is 16.5. The number of benzene rings is 1. The molecule has 0 atom stereocenters. The van der Waals surface area contributed by atoms with E-state index in [0.29, 0.717) is 37.0 Å². The number of urea groups is 1. The standard InChI is InChI=1S/C20H23N5O3/c1-15-22-19(24-28-15)10-13-25(2)20(26)23-17-6-8-18(9-7-17)27-14-11-16-5-3-4-12-21-16/h3-9,12H,10-11,13-14H2,1-2H3,(H,23,26). The Morgan fingerprint density at radius 1 is 1.18 bits per heavy atom. The lowest BCUT2D eigenvalue weighted by Crippen LogP contribution is -2.33. The molecular formula is C20H23N5O3. The lowest BCUT2D eigenvalue weighted by atomic mass is 10.3. The third-order valence-corrected chi connectivity index (χ3v) is 4.05. The molecule has 28 heavy (non-hydrogen) atoms. The van der Waals surface area contributed by atoms with Crippen molar-refractivity contribution >= 4 is 11.7 Å². The van der Waals surface area contributed by atoms with Crippen LogP contribution in [0.2, 0.25) is 0 Å². The van der Waals surface area contributed by atoms with Gasteiger partial charge in [0.1, 0.15) is 5.75 Å². The van der Waals surface area contributed by atoms with Crippen molar-refractivity contribution in [1.29, 1.82) is 0 Å². The number of aromatic nitrogens is 3. The molecule has 0 aliphatic heterocycles. The molecule has 0 bridgehead atoms. The van der Waals surface area contributed by atoms with E-state index >= 15 is 0 Å². The van der Waals surface area contributed by atoms with Gasteiger partial charge in [-0.05, 0) is 36.4 Å². The van der Waals surface area contributed by atoms with Crippen molar-refractivity contribution in [2.45, 2.75) is 19.8 Å². The predicted octanol–water partition coefficient (Wildman–Crippen LogP) is 3.10. The van der Waals surface area contributed by atoms with Crippen LogP contribution in [0.4, 0.5) is 10.5 Å². The topological polar surface area (TPSA) is 93.4 Å². The number of likely N-dealkylation sites (N-methyl/N-ethyl adjacent to an activating group) is 1. The van der Waals surface area contributed by atoms with E-state index in [1.54, 1.807) is 25.1 Å². The molecule has 0 saturated heterocycles. The second kappa shape index (κ2) is 9.50. The van der Waals surface area contributed by atoms with Crippen LogP contribution in [0.1, 0.15) is 17.4 Å². The molecule has 0 unspecified atom stereocenters. The maximum atomic E-state index is 12.3. The maximum absolute atomic E-state index is 12.3. The van der Waals surface area contributed by atoms with Crippen molar-refractivity contribution in [1.82, 2.24) is 20.0 Å². The van der Waals surface area contributed by atoms with Gasteiger partial charge in [-0.2, -0.15) is 4.98 Å². The van der Waals surface area contributed by atoms with E-state index in [4.69, 9.17) is 9.26 Å². The molecule has 0 radical (unpaired) electrons. The average molecular weight is 381 g/mol. The highest BCUT2D eigenvalue weighted by molar-refractivity contribution is 5.89. The van der Waals surface area contributed by atoms with Gasteiger partial charge in [0, 0.05) is 50.9 Å². The fourth-order valence-corrected chi connectivity index (χ4v) is 2.48. The minimum absolute atomic E-state index is 0.205. The third kappa shape index (κ3) is 5.80. The second-order valence-electron chi connectivity index (χ2n) is 6.28. The lowest BCUT2D eigenvalue weighted by molar-refractivity contribution is 0.222. The molecule has 0 saturated carbocycles. The average Bonchev–Trinajstić information content (AvgIpc) is 3.13. The van der Waals surface area contributed by atoms with Crippen LogP contribution in [-0.4, -0.2) is 46.3 Å². The normalized spacial score (nSPS) is 10.5. The minimum Gasteiger partial charge on any atom is -0.493 e. The number of anilines is 1. The fourth-order valence-electron chi connectivity index (χ4n) is 2.48. The van der Waals surface area contributed by atoms with Gasteiger partial charge in [0.15, 0.2) is 5.82 Å². The van der Waals surface area contributed by atoms with Crippen LogP contribution in [-0.2, 0) is 12.8 Å². The molecule has 0 fully saturated rings. The summed E-state index contributed by atoms with van der Waals surface area (Å²) in [5.74, 6) is 1.85. The van der Waals surface area contributed by atoms with E-state index in [1.807, 2.05) is 42.5 Å². The van der Waals surface area contributed by atoms with E-state index in [2.05, 4.69) is 20.4 Å². The summed E-state index contributed by atoms with van der Waals surface area (Å²) < 4.78 is 10.6. The first-order chi connectivity index (χ1) is 13.6. The van der Waals surface area contributed by atoms with Gasteiger partial charge in [-0.3, -0.25) is 4.98 Å². The SMILES string of the molecule is Cc1nc(CCN(C)C(=O)Nc2ccc(OCCc3ccccn3)cc2)no1. The Kier molecular flexibility index (Phi) is 6.56. The monoisotopic (exact) mass is 381 g/mol. The first-order valence-electron chi connectivity index (χ1n) is 9.04. The Morgan fingerprint density at radius 3 is 2.68 bits per heavy atom. The fraction of sp³-hybridized carbons (Fsp3) is 0.300. The minimum atomic E-state index is -0.205. The summed E-state index contributed by atoms with van der Waals surface area (Å²) in [4.78, 5) is 22.2. The number of hydrogen-bond acceptors (Lipinski definition) is 6. The van der Waals surface area contributed by atoms with Crippen molar-refractivity contribution in [2.75, 3.05) is 25.5 Å². The van der Waals surface area contributed by atoms with Gasteiger partial charge in [0.05, 0.1) is 6.61 Å². The number of ether oxygens (including phenoxy) is 1. The smallest absolute Gasteiger partial charge is 0.321 e. The van der Waals surface area contributed by atoms with Crippen LogP contribution in [0.3, 0.4) is 0 Å². The molecular weight excluding hydrogens is 358 g/mol. The van der Waals surface area contributed by atoms with Gasteiger partial charge in [-0.1, -0.05) is 11.2 Å². The largest absolute Gasteiger partial charge is 0.493 e. The van der Waals surface area contributed by atoms with E-state index in [0.717, 1.165) is 17.9 Å². The summed E-state index contributed by atoms with van der Waals surface area (Å²) in [6.07, 6.45) is 3.04. The maximum Gasteiger partial charge on any atom is 0.321 e.